The summed E-state index contributed by atoms with van der Waals surface area (Å²) in [5.41, 5.74) is 0.524. The van der Waals surface area contributed by atoms with Gasteiger partial charge in [0.25, 0.3) is 5.91 Å². The molecule has 2 aromatic rings. The molecule has 0 saturated heterocycles. The van der Waals surface area contributed by atoms with Gasteiger partial charge in [-0.1, -0.05) is 17.7 Å². The van der Waals surface area contributed by atoms with Crippen LogP contribution in [0.4, 0.5) is 5.69 Å². The Kier molecular flexibility index (Phi) is 6.38. The topological polar surface area (TPSA) is 83.1 Å². The molecule has 0 aliphatic carbocycles. The zero-order chi connectivity index (χ0) is 19.1. The lowest BCUT2D eigenvalue weighted by Crippen LogP contribution is -2.23. The lowest BCUT2D eigenvalue weighted by atomic mass is 10.2. The van der Waals surface area contributed by atoms with Gasteiger partial charge in [-0.05, 0) is 30.3 Å². The fraction of sp³-hybridized carbons (Fsp3) is 0.263. The van der Waals surface area contributed by atoms with Gasteiger partial charge in [-0.25, -0.2) is 4.79 Å². The molecule has 7 nitrogen and oxygen atoms in total. The van der Waals surface area contributed by atoms with Crippen molar-refractivity contribution in [3.8, 4) is 17.2 Å². The molecule has 1 heterocycles. The Morgan fingerprint density at radius 2 is 1.85 bits per heavy atom. The summed E-state index contributed by atoms with van der Waals surface area (Å²) in [6.07, 6.45) is 0.795. The van der Waals surface area contributed by atoms with Crippen molar-refractivity contribution in [2.75, 3.05) is 31.7 Å². The van der Waals surface area contributed by atoms with Gasteiger partial charge in [0.2, 0.25) is 0 Å². The number of ether oxygens (including phenoxy) is 4. The van der Waals surface area contributed by atoms with Crippen LogP contribution in [0.25, 0.3) is 0 Å². The van der Waals surface area contributed by atoms with Crippen molar-refractivity contribution in [2.24, 2.45) is 0 Å². The lowest BCUT2D eigenvalue weighted by Gasteiger charge is -2.11. The first kappa shape index (κ1) is 18.8. The molecule has 1 aliphatic heterocycles. The molecule has 1 aliphatic rings. The van der Waals surface area contributed by atoms with Crippen LogP contribution in [0.5, 0.6) is 17.2 Å². The van der Waals surface area contributed by atoms with Gasteiger partial charge in [-0.2, -0.15) is 0 Å². The van der Waals surface area contributed by atoms with Crippen LogP contribution in [-0.2, 0) is 14.3 Å². The van der Waals surface area contributed by atoms with Crippen LogP contribution in [0.1, 0.15) is 6.42 Å². The molecule has 27 heavy (non-hydrogen) atoms. The molecule has 3 rings (SSSR count). The summed E-state index contributed by atoms with van der Waals surface area (Å²) in [5, 5.41) is 3.13. The second-order valence-electron chi connectivity index (χ2n) is 5.67. The number of rotatable bonds is 6. The van der Waals surface area contributed by atoms with Crippen molar-refractivity contribution in [2.45, 2.75) is 6.42 Å². The highest BCUT2D eigenvalue weighted by atomic mass is 35.5. The molecular formula is C19H18ClNO6. The third kappa shape index (κ3) is 5.79. The zero-order valence-corrected chi connectivity index (χ0v) is 15.2. The average molecular weight is 392 g/mol. The summed E-state index contributed by atoms with van der Waals surface area (Å²) in [6.45, 7) is 0.393. The van der Waals surface area contributed by atoms with E-state index in [-0.39, 0.29) is 6.61 Å². The first-order chi connectivity index (χ1) is 13.1. The lowest BCUT2D eigenvalue weighted by molar-refractivity contribution is -0.149. The fourth-order valence-corrected chi connectivity index (χ4v) is 2.51. The Balaban J connectivity index is 1.44. The van der Waals surface area contributed by atoms with Crippen LogP contribution in [0, 0.1) is 0 Å². The van der Waals surface area contributed by atoms with Crippen LogP contribution in [-0.4, -0.2) is 38.3 Å². The Morgan fingerprint density at radius 1 is 1.04 bits per heavy atom. The van der Waals surface area contributed by atoms with Gasteiger partial charge in [0.15, 0.2) is 24.7 Å². The van der Waals surface area contributed by atoms with Gasteiger partial charge in [0, 0.05) is 23.2 Å². The van der Waals surface area contributed by atoms with Gasteiger partial charge >= 0.3 is 5.97 Å². The number of esters is 1. The second-order valence-corrected chi connectivity index (χ2v) is 6.10. The maximum absolute atomic E-state index is 12.0. The van der Waals surface area contributed by atoms with Crippen LogP contribution in [0.15, 0.2) is 42.5 Å². The number of benzene rings is 2. The summed E-state index contributed by atoms with van der Waals surface area (Å²) in [6, 6.07) is 11.7. The predicted molar refractivity (Wildman–Crippen MR) is 98.6 cm³/mol. The quantitative estimate of drug-likeness (QED) is 0.762. The maximum atomic E-state index is 12.0. The molecular weight excluding hydrogens is 374 g/mol. The number of fused-ring (bicyclic) bond motifs is 1. The van der Waals surface area contributed by atoms with Crippen molar-refractivity contribution in [1.29, 1.82) is 0 Å². The highest BCUT2D eigenvalue weighted by Crippen LogP contribution is 2.32. The molecule has 1 amide bonds. The van der Waals surface area contributed by atoms with E-state index in [1.807, 2.05) is 0 Å². The number of hydrogen-bond acceptors (Lipinski definition) is 6. The van der Waals surface area contributed by atoms with Crippen molar-refractivity contribution < 1.29 is 28.5 Å². The summed E-state index contributed by atoms with van der Waals surface area (Å²) in [4.78, 5) is 23.6. The minimum atomic E-state index is -0.663. The zero-order valence-electron chi connectivity index (χ0n) is 14.4. The predicted octanol–water partition coefficient (Wildman–Crippen LogP) is 3.06. The molecule has 0 atom stereocenters. The van der Waals surface area contributed by atoms with Crippen LogP contribution in [0.2, 0.25) is 5.02 Å². The molecule has 0 radical (unpaired) electrons. The molecule has 0 spiro atoms. The number of carbonyl (C=O) groups is 2. The largest absolute Gasteiger partial charge is 0.490 e. The van der Waals surface area contributed by atoms with Crippen LogP contribution >= 0.6 is 11.6 Å². The van der Waals surface area contributed by atoms with E-state index in [9.17, 15) is 9.59 Å². The number of hydrogen-bond donors (Lipinski definition) is 1. The number of halogens is 1. The molecule has 0 saturated carbocycles. The molecule has 0 fully saturated rings. The van der Waals surface area contributed by atoms with Crippen molar-refractivity contribution >= 4 is 29.2 Å². The fourth-order valence-electron chi connectivity index (χ4n) is 2.32. The third-order valence-electron chi connectivity index (χ3n) is 3.55. The molecule has 142 valence electrons. The molecule has 8 heteroatoms. The van der Waals surface area contributed by atoms with E-state index in [4.69, 9.17) is 30.5 Å². The minimum absolute atomic E-state index is 0.322. The highest BCUT2D eigenvalue weighted by molar-refractivity contribution is 6.30. The smallest absolute Gasteiger partial charge is 0.344 e. The maximum Gasteiger partial charge on any atom is 0.344 e. The average Bonchev–Trinajstić information content (AvgIpc) is 2.90. The summed E-state index contributed by atoms with van der Waals surface area (Å²) in [7, 11) is 0. The Bertz CT molecular complexity index is 826. The molecule has 1 N–H and O–H groups in total. The molecule has 0 bridgehead atoms. The van der Waals surface area contributed by atoms with Gasteiger partial charge < -0.3 is 24.3 Å². The van der Waals surface area contributed by atoms with E-state index in [0.717, 1.165) is 6.42 Å². The Morgan fingerprint density at radius 3 is 2.67 bits per heavy atom. The van der Waals surface area contributed by atoms with E-state index in [2.05, 4.69) is 5.32 Å². The first-order valence-electron chi connectivity index (χ1n) is 8.33. The number of amides is 1. The number of nitrogens with one attached hydrogen (secondary N) is 1. The Hall–Kier alpha value is -2.93. The van der Waals surface area contributed by atoms with Gasteiger partial charge in [0.05, 0.1) is 13.2 Å². The van der Waals surface area contributed by atoms with E-state index in [0.29, 0.717) is 41.2 Å². The third-order valence-corrected chi connectivity index (χ3v) is 3.78. The Labute approximate surface area is 161 Å². The van der Waals surface area contributed by atoms with Gasteiger partial charge in [-0.3, -0.25) is 4.79 Å². The summed E-state index contributed by atoms with van der Waals surface area (Å²) in [5.74, 6) is 0.507. The second kappa shape index (κ2) is 9.14. The van der Waals surface area contributed by atoms with E-state index in [1.54, 1.807) is 42.5 Å². The highest BCUT2D eigenvalue weighted by Gasteiger charge is 2.13. The van der Waals surface area contributed by atoms with Gasteiger partial charge in [-0.15, -0.1) is 0 Å². The normalized spacial score (nSPS) is 12.6. The standard InChI is InChI=1S/C19H18ClNO6/c20-13-3-1-4-15(9-13)26-12-19(23)27-11-18(22)21-14-5-6-16-17(10-14)25-8-2-7-24-16/h1,3-6,9-10H,2,7-8,11-12H2,(H,21,22). The summed E-state index contributed by atoms with van der Waals surface area (Å²) >= 11 is 5.83. The minimum Gasteiger partial charge on any atom is -0.490 e. The van der Waals surface area contributed by atoms with Crippen LogP contribution < -0.4 is 19.5 Å². The van der Waals surface area contributed by atoms with Crippen LogP contribution in [0.3, 0.4) is 0 Å². The van der Waals surface area contributed by atoms with Crippen molar-refractivity contribution in [3.05, 3.63) is 47.5 Å². The number of carbonyl (C=O) groups excluding carboxylic acids is 2. The van der Waals surface area contributed by atoms with E-state index < -0.39 is 18.5 Å². The monoisotopic (exact) mass is 391 g/mol. The number of anilines is 1. The molecule has 2 aromatic carbocycles. The van der Waals surface area contributed by atoms with E-state index in [1.165, 1.54) is 0 Å². The van der Waals surface area contributed by atoms with Crippen molar-refractivity contribution in [1.82, 2.24) is 0 Å². The first-order valence-corrected chi connectivity index (χ1v) is 8.71. The summed E-state index contributed by atoms with van der Waals surface area (Å²) < 4.78 is 21.2. The van der Waals surface area contributed by atoms with Gasteiger partial charge in [0.1, 0.15) is 5.75 Å². The van der Waals surface area contributed by atoms with Crippen molar-refractivity contribution in [3.63, 3.8) is 0 Å². The molecule has 0 unspecified atom stereocenters. The van der Waals surface area contributed by atoms with E-state index >= 15 is 0 Å². The molecule has 0 aromatic heterocycles. The SMILES string of the molecule is O=C(COC(=O)COc1cccc(Cl)c1)Nc1ccc2c(c1)OCCCO2.